The summed E-state index contributed by atoms with van der Waals surface area (Å²) in [6.45, 7) is -0.305. The number of fused-ring (bicyclic) bond motifs is 2. The molecule has 196 valence electrons. The fraction of sp³-hybridized carbons (Fsp3) is 0.391. The van der Waals surface area contributed by atoms with Gasteiger partial charge in [0.1, 0.15) is 24.2 Å². The van der Waals surface area contributed by atoms with Crippen LogP contribution in [0, 0.1) is 0 Å². The van der Waals surface area contributed by atoms with Crippen molar-refractivity contribution in [2.75, 3.05) is 18.6 Å². The zero-order valence-electron chi connectivity index (χ0n) is 26.1. The maximum Gasteiger partial charge on any atom is 0.276 e. The van der Waals surface area contributed by atoms with Crippen molar-refractivity contribution in [3.05, 3.63) is 51.9 Å². The van der Waals surface area contributed by atoms with Gasteiger partial charge in [-0.05, 0) is 25.2 Å². The SMILES string of the molecule is I.[2H]c1cc[n+](CC2=C(C(=O)[O-])N3C(=O)[C@@H](NC(=O)/C(=N\OC)c4csc(N)n4)[C@H]3SC2)c2c1C([2H])([2H])C([2H])([2H])CC2([2H])[2H]. The second kappa shape index (κ2) is 11.3. The van der Waals surface area contributed by atoms with Gasteiger partial charge in [0.2, 0.25) is 0 Å². The summed E-state index contributed by atoms with van der Waals surface area (Å²) >= 11 is 2.20. The molecule has 4 heterocycles. The zero-order valence-corrected chi connectivity index (χ0v) is 23.1. The van der Waals surface area contributed by atoms with Crippen molar-refractivity contribution in [3.63, 3.8) is 0 Å². The van der Waals surface area contributed by atoms with Gasteiger partial charge >= 0.3 is 0 Å². The molecule has 1 fully saturated rings. The first-order valence-electron chi connectivity index (χ1n) is 14.1. The number of nitrogens with zero attached hydrogens (tertiary/aromatic N) is 4. The van der Waals surface area contributed by atoms with Gasteiger partial charge in [-0.1, -0.05) is 5.16 Å². The number of β-lactam (4-membered cyclic amide) rings is 1. The first-order valence-corrected chi connectivity index (χ1v) is 12.5. The van der Waals surface area contributed by atoms with E-state index in [0.29, 0.717) is 0 Å². The minimum absolute atomic E-state index is 0. The summed E-state index contributed by atoms with van der Waals surface area (Å²) in [4.78, 5) is 48.2. The Morgan fingerprint density at radius 1 is 1.49 bits per heavy atom. The van der Waals surface area contributed by atoms with Crippen LogP contribution >= 0.6 is 47.1 Å². The third-order valence-electron chi connectivity index (χ3n) is 5.61. The van der Waals surface area contributed by atoms with Gasteiger partial charge in [0, 0.05) is 42.9 Å². The number of amides is 2. The number of aromatic nitrogens is 2. The lowest BCUT2D eigenvalue weighted by Crippen LogP contribution is -2.71. The van der Waals surface area contributed by atoms with Crippen LogP contribution in [0.15, 0.2) is 40.1 Å². The predicted octanol–water partition coefficient (Wildman–Crippen LogP) is -0.0358. The van der Waals surface area contributed by atoms with Crippen LogP contribution < -0.4 is 20.7 Å². The molecule has 0 radical (unpaired) electrons. The number of hydrogen-bond acceptors (Lipinski definition) is 10. The average molecular weight is 664 g/mol. The first-order chi connectivity index (χ1) is 20.0. The molecule has 2 atom stereocenters. The minimum atomic E-state index is -2.71. The van der Waals surface area contributed by atoms with E-state index in [1.54, 1.807) is 0 Å². The Morgan fingerprint density at radius 2 is 2.30 bits per heavy atom. The maximum atomic E-state index is 13.2. The van der Waals surface area contributed by atoms with E-state index >= 15 is 0 Å². The molecule has 2 aliphatic heterocycles. The van der Waals surface area contributed by atoms with Crippen LogP contribution in [0.5, 0.6) is 0 Å². The first kappa shape index (κ1) is 19.4. The number of pyridine rings is 1. The van der Waals surface area contributed by atoms with Crippen LogP contribution in [0.2, 0.25) is 0 Å². The van der Waals surface area contributed by atoms with Gasteiger partial charge in [0.05, 0.1) is 13.0 Å². The van der Waals surface area contributed by atoms with E-state index in [9.17, 15) is 19.5 Å². The van der Waals surface area contributed by atoms with E-state index in [-0.39, 0.29) is 64.1 Å². The van der Waals surface area contributed by atoms with Crippen LogP contribution in [0.4, 0.5) is 5.13 Å². The Bertz CT molecular complexity index is 1620. The summed E-state index contributed by atoms with van der Waals surface area (Å²) in [5.41, 5.74) is 4.45. The van der Waals surface area contributed by atoms with Gasteiger partial charge in [-0.25, -0.2) is 4.98 Å². The van der Waals surface area contributed by atoms with Crippen LogP contribution in [-0.2, 0) is 38.5 Å². The van der Waals surface area contributed by atoms with E-state index < -0.39 is 72.0 Å². The van der Waals surface area contributed by atoms with Crippen molar-refractivity contribution in [2.45, 2.75) is 43.5 Å². The summed E-state index contributed by atoms with van der Waals surface area (Å²) in [5.74, 6) is -3.21. The molecule has 3 N–H and O–H groups in total. The van der Waals surface area contributed by atoms with Gasteiger partial charge in [-0.15, -0.1) is 47.1 Å². The maximum absolute atomic E-state index is 13.2. The largest absolute Gasteiger partial charge is 0.543 e. The summed E-state index contributed by atoms with van der Waals surface area (Å²) in [7, 11) is 1.22. The molecule has 0 spiro atoms. The second-order valence-corrected chi connectivity index (χ2v) is 9.76. The average Bonchev–Trinajstić information content (AvgIpc) is 3.34. The van der Waals surface area contributed by atoms with E-state index in [1.165, 1.54) is 29.3 Å². The summed E-state index contributed by atoms with van der Waals surface area (Å²) in [5, 5.41) is 19.4. The number of anilines is 1. The van der Waals surface area contributed by atoms with Gasteiger partial charge < -0.3 is 25.8 Å². The molecular weight excluding hydrogens is 631 g/mol. The molecule has 2 aromatic heterocycles. The van der Waals surface area contributed by atoms with Crippen LogP contribution in [0.25, 0.3) is 0 Å². The highest BCUT2D eigenvalue weighted by atomic mass is 127. The molecule has 0 bridgehead atoms. The number of carbonyl (C=O) groups excluding carboxylic acids is 3. The fourth-order valence-corrected chi connectivity index (χ4v) is 5.96. The van der Waals surface area contributed by atoms with Crippen LogP contribution in [-0.4, -0.2) is 57.7 Å². The monoisotopic (exact) mass is 663 g/mol. The minimum Gasteiger partial charge on any atom is -0.543 e. The number of rotatable bonds is 7. The molecule has 0 saturated carbocycles. The number of carbonyl (C=O) groups is 3. The lowest BCUT2D eigenvalue weighted by Gasteiger charge is -2.50. The Hall–Kier alpha value is -2.72. The number of halogens is 1. The summed E-state index contributed by atoms with van der Waals surface area (Å²) in [6, 6.07) is -0.344. The number of nitrogen functional groups attached to an aromatic ring is 1. The van der Waals surface area contributed by atoms with Crippen molar-refractivity contribution in [1.29, 1.82) is 0 Å². The van der Waals surface area contributed by atoms with E-state index in [1.807, 2.05) is 0 Å². The third kappa shape index (κ3) is 5.18. The van der Waals surface area contributed by atoms with Crippen molar-refractivity contribution >= 4 is 75.7 Å². The molecule has 37 heavy (non-hydrogen) atoms. The topological polar surface area (TPSA) is 154 Å². The van der Waals surface area contributed by atoms with E-state index in [4.69, 9.17) is 20.2 Å². The Labute approximate surface area is 248 Å². The number of thioether (sulfide) groups is 1. The van der Waals surface area contributed by atoms with Crippen molar-refractivity contribution in [3.8, 4) is 0 Å². The quantitative estimate of drug-likeness (QED) is 0.138. The van der Waals surface area contributed by atoms with Crippen LogP contribution in [0.1, 0.15) is 39.3 Å². The highest BCUT2D eigenvalue weighted by Crippen LogP contribution is 2.40. The fourth-order valence-electron chi connectivity index (χ4n) is 4.08. The third-order valence-corrected chi connectivity index (χ3v) is 7.63. The molecule has 0 unspecified atom stereocenters. The predicted molar refractivity (Wildman–Crippen MR) is 146 cm³/mol. The molecule has 11 nitrogen and oxygen atoms in total. The normalized spacial score (nSPS) is 27.7. The standard InChI is InChI=1S/C23H24N6O5S2.HI/c1-34-27-16(14-11-36-23(24)25-14)19(30)26-17-20(31)29-18(22(32)33)13(10-35-21(17)29)9-28-8-4-6-12-5-2-3-7-15(12)28;/h4,6,8,11,17,21H,2-3,5,7,9-10H2,1H3,(H3-,24,25,26,30,32,33);1H/b27-16-;/t17-,21-;/m1./s1/i2D2,5D2,6D,7D2;. The van der Waals surface area contributed by atoms with Gasteiger partial charge in [0.15, 0.2) is 29.3 Å². The summed E-state index contributed by atoms with van der Waals surface area (Å²) in [6.07, 6.45) is -7.26. The lowest BCUT2D eigenvalue weighted by atomic mass is 9.95. The number of aliphatic carboxylic acids is 1. The molecule has 2 amide bonds. The zero-order chi connectivity index (χ0) is 31.6. The lowest BCUT2D eigenvalue weighted by molar-refractivity contribution is -0.697. The second-order valence-electron chi connectivity index (χ2n) is 7.76. The Kier molecular flexibility index (Phi) is 5.94. The number of nitrogens with two attached hydrogens (primary N) is 1. The van der Waals surface area contributed by atoms with Crippen molar-refractivity contribution in [1.82, 2.24) is 15.2 Å². The highest BCUT2D eigenvalue weighted by molar-refractivity contribution is 14.0. The molecule has 3 aliphatic rings. The molecule has 1 saturated heterocycles. The van der Waals surface area contributed by atoms with Gasteiger partial charge in [0.25, 0.3) is 11.8 Å². The molecule has 1 aliphatic carbocycles. The van der Waals surface area contributed by atoms with E-state index in [0.717, 1.165) is 28.0 Å². The van der Waals surface area contributed by atoms with Gasteiger partial charge in [-0.2, -0.15) is 4.57 Å². The van der Waals surface area contributed by atoms with Crippen molar-refractivity contribution < 1.29 is 38.5 Å². The summed E-state index contributed by atoms with van der Waals surface area (Å²) < 4.78 is 59.6. The van der Waals surface area contributed by atoms with Crippen molar-refractivity contribution in [2.24, 2.45) is 5.16 Å². The van der Waals surface area contributed by atoms with Crippen LogP contribution in [0.3, 0.4) is 0 Å². The Morgan fingerprint density at radius 3 is 3.00 bits per heavy atom. The molecular formula is C23H25IN6O5S2. The van der Waals surface area contributed by atoms with Gasteiger partial charge in [-0.3, -0.25) is 14.5 Å². The number of nitrogens with one attached hydrogen (secondary N) is 1. The number of oxime groups is 1. The smallest absolute Gasteiger partial charge is 0.276 e. The highest BCUT2D eigenvalue weighted by Gasteiger charge is 2.53. The molecule has 0 aromatic carbocycles. The number of hydrogen-bond donors (Lipinski definition) is 2. The molecule has 2 aromatic rings. The molecule has 14 heteroatoms. The molecule has 5 rings (SSSR count). The Balaban J connectivity index is 0.00000442. The van der Waals surface area contributed by atoms with E-state index in [2.05, 4.69) is 15.5 Å². The number of thiazole rings is 1. The number of carboxylic acid groups (broad SMARTS) is 1. The number of carboxylic acids is 1.